The van der Waals surface area contributed by atoms with Crippen LogP contribution >= 0.6 is 11.8 Å². The van der Waals surface area contributed by atoms with Crippen molar-refractivity contribution in [1.29, 1.82) is 0 Å². The Morgan fingerprint density at radius 3 is 2.75 bits per heavy atom. The molecule has 0 atom stereocenters. The van der Waals surface area contributed by atoms with Crippen LogP contribution in [0.25, 0.3) is 0 Å². The van der Waals surface area contributed by atoms with E-state index in [4.69, 9.17) is 10.9 Å². The molecule has 0 aliphatic carbocycles. The van der Waals surface area contributed by atoms with Crippen LogP contribution in [0, 0.1) is 0 Å². The highest BCUT2D eigenvalue weighted by atomic mass is 32.2. The molecule has 10 heteroatoms. The fourth-order valence-electron chi connectivity index (χ4n) is 1.54. The van der Waals surface area contributed by atoms with Gasteiger partial charge in [0, 0.05) is 17.1 Å². The summed E-state index contributed by atoms with van der Waals surface area (Å²) in [5, 5.41) is 11.7. The summed E-state index contributed by atoms with van der Waals surface area (Å²) in [6.07, 6.45) is 0. The van der Waals surface area contributed by atoms with Crippen molar-refractivity contribution in [3.05, 3.63) is 28.7 Å². The van der Waals surface area contributed by atoms with E-state index in [1.54, 1.807) is 6.92 Å². The minimum atomic E-state index is -3.81. The van der Waals surface area contributed by atoms with E-state index >= 15 is 0 Å². The maximum absolute atomic E-state index is 11.5. The fraction of sp³-hybridized carbons (Fsp3) is 0.200. The summed E-state index contributed by atoms with van der Waals surface area (Å²) in [6, 6.07) is 4.13. The molecule has 0 fully saturated rings. The highest BCUT2D eigenvalue weighted by Crippen LogP contribution is 2.31. The third-order valence-corrected chi connectivity index (χ3v) is 4.53. The average molecular weight is 315 g/mol. The van der Waals surface area contributed by atoms with Crippen LogP contribution < -0.4 is 16.6 Å². The number of rotatable bonds is 4. The summed E-state index contributed by atoms with van der Waals surface area (Å²) in [7, 11) is -3.81. The summed E-state index contributed by atoms with van der Waals surface area (Å²) >= 11 is 1.09. The molecule has 2 aromatic rings. The maximum atomic E-state index is 11.5. The van der Waals surface area contributed by atoms with Gasteiger partial charge in [-0.3, -0.25) is 4.57 Å². The lowest BCUT2D eigenvalue weighted by Crippen LogP contribution is -2.16. The molecule has 5 N–H and O–H groups in total. The van der Waals surface area contributed by atoms with Gasteiger partial charge in [0.25, 0.3) is 0 Å². The molecule has 108 valence electrons. The number of nitrogens with zero attached hydrogens (tertiary/aromatic N) is 2. The van der Waals surface area contributed by atoms with Crippen LogP contribution in [0.5, 0.6) is 0 Å². The van der Waals surface area contributed by atoms with Gasteiger partial charge in [0.1, 0.15) is 0 Å². The van der Waals surface area contributed by atoms with Gasteiger partial charge in [0.05, 0.1) is 4.90 Å². The molecule has 8 nitrogen and oxygen atoms in total. The predicted molar refractivity (Wildman–Crippen MR) is 74.9 cm³/mol. The quantitative estimate of drug-likeness (QED) is 0.678. The number of sulfonamides is 1. The molecule has 0 aliphatic heterocycles. The lowest BCUT2D eigenvalue weighted by Gasteiger charge is -2.07. The van der Waals surface area contributed by atoms with E-state index in [0.717, 1.165) is 11.8 Å². The number of benzene rings is 1. The van der Waals surface area contributed by atoms with Gasteiger partial charge in [-0.25, -0.2) is 23.4 Å². The second-order valence-corrected chi connectivity index (χ2v) is 6.47. The van der Waals surface area contributed by atoms with E-state index in [1.807, 2.05) is 0 Å². The number of aromatic nitrogens is 3. The molecule has 0 bridgehead atoms. The molecule has 0 saturated carbocycles. The van der Waals surface area contributed by atoms with Gasteiger partial charge in [0.15, 0.2) is 5.16 Å². The Morgan fingerprint density at radius 2 is 2.15 bits per heavy atom. The van der Waals surface area contributed by atoms with Crippen molar-refractivity contribution in [3.63, 3.8) is 0 Å². The molecular formula is C10H13N5O3S2. The average Bonchev–Trinajstić information content (AvgIpc) is 2.71. The van der Waals surface area contributed by atoms with Crippen molar-refractivity contribution < 1.29 is 8.42 Å². The van der Waals surface area contributed by atoms with Crippen LogP contribution in [-0.2, 0) is 16.6 Å². The predicted octanol–water partition coefficient (Wildman–Crippen LogP) is -0.0279. The van der Waals surface area contributed by atoms with Crippen molar-refractivity contribution in [2.45, 2.75) is 28.4 Å². The molecule has 0 saturated heterocycles. The monoisotopic (exact) mass is 315 g/mol. The Bertz CT molecular complexity index is 793. The molecule has 0 unspecified atom stereocenters. The number of nitrogens with two attached hydrogens (primary N) is 2. The van der Waals surface area contributed by atoms with Crippen molar-refractivity contribution >= 4 is 27.5 Å². The molecule has 0 spiro atoms. The van der Waals surface area contributed by atoms with Gasteiger partial charge in [-0.2, -0.15) is 0 Å². The van der Waals surface area contributed by atoms with Gasteiger partial charge >= 0.3 is 5.69 Å². The molecule has 20 heavy (non-hydrogen) atoms. The third-order valence-electron chi connectivity index (χ3n) is 2.55. The number of hydrogen-bond acceptors (Lipinski definition) is 6. The summed E-state index contributed by atoms with van der Waals surface area (Å²) in [5.74, 6) is 0. The van der Waals surface area contributed by atoms with Crippen LogP contribution in [0.1, 0.15) is 6.92 Å². The number of aromatic amines is 1. The van der Waals surface area contributed by atoms with Crippen molar-refractivity contribution in [2.24, 2.45) is 5.14 Å². The summed E-state index contributed by atoms with van der Waals surface area (Å²) in [4.78, 5) is 11.9. The number of anilines is 1. The van der Waals surface area contributed by atoms with Crippen LogP contribution in [0.4, 0.5) is 5.69 Å². The molecule has 0 aliphatic rings. The second-order valence-electron chi connectivity index (χ2n) is 3.90. The molecule has 0 radical (unpaired) electrons. The molecule has 1 heterocycles. The Labute approximate surface area is 119 Å². The highest BCUT2D eigenvalue weighted by molar-refractivity contribution is 7.99. The number of H-pyrrole nitrogens is 1. The van der Waals surface area contributed by atoms with Gasteiger partial charge < -0.3 is 5.73 Å². The van der Waals surface area contributed by atoms with Crippen molar-refractivity contribution in [3.8, 4) is 0 Å². The zero-order valence-corrected chi connectivity index (χ0v) is 12.2. The van der Waals surface area contributed by atoms with E-state index in [1.165, 1.54) is 22.8 Å². The number of primary sulfonamides is 1. The van der Waals surface area contributed by atoms with Crippen LogP contribution in [0.15, 0.2) is 37.9 Å². The summed E-state index contributed by atoms with van der Waals surface area (Å²) in [6.45, 7) is 2.23. The lowest BCUT2D eigenvalue weighted by atomic mass is 10.3. The smallest absolute Gasteiger partial charge is 0.343 e. The number of nitrogen functional groups attached to an aromatic ring is 1. The molecule has 1 aromatic carbocycles. The van der Waals surface area contributed by atoms with E-state index in [0.29, 0.717) is 22.3 Å². The first kappa shape index (κ1) is 14.6. The lowest BCUT2D eigenvalue weighted by molar-refractivity contribution is 0.597. The van der Waals surface area contributed by atoms with E-state index in [9.17, 15) is 13.2 Å². The normalized spacial score (nSPS) is 11.7. The SMILES string of the molecule is CCn1c(Sc2cc(S(N)(=O)=O)ccc2N)n[nH]c1=O. The largest absolute Gasteiger partial charge is 0.398 e. The number of hydrogen-bond donors (Lipinski definition) is 3. The summed E-state index contributed by atoms with van der Waals surface area (Å²) in [5.41, 5.74) is 5.84. The molecule has 0 amide bonds. The third kappa shape index (κ3) is 2.86. The Balaban J connectivity index is 2.45. The zero-order chi connectivity index (χ0) is 14.9. The first-order valence-electron chi connectivity index (χ1n) is 5.58. The second kappa shape index (κ2) is 5.31. The first-order valence-corrected chi connectivity index (χ1v) is 7.94. The van der Waals surface area contributed by atoms with Gasteiger partial charge in [0.2, 0.25) is 10.0 Å². The van der Waals surface area contributed by atoms with E-state index < -0.39 is 10.0 Å². The number of nitrogens with one attached hydrogen (secondary N) is 1. The maximum Gasteiger partial charge on any atom is 0.343 e. The van der Waals surface area contributed by atoms with E-state index in [-0.39, 0.29) is 10.6 Å². The standard InChI is InChI=1S/C10H13N5O3S2/c1-2-15-9(16)13-14-10(15)19-8-5-6(20(12,17)18)3-4-7(8)11/h3-5H,2,11H2,1H3,(H,13,16)(H2,12,17,18). The van der Waals surface area contributed by atoms with Crippen LogP contribution in [0.2, 0.25) is 0 Å². The Hall–Kier alpha value is -1.78. The topological polar surface area (TPSA) is 137 Å². The van der Waals surface area contributed by atoms with Crippen molar-refractivity contribution in [2.75, 3.05) is 5.73 Å². The van der Waals surface area contributed by atoms with E-state index in [2.05, 4.69) is 10.2 Å². The van der Waals surface area contributed by atoms with Gasteiger partial charge in [-0.05, 0) is 36.9 Å². The Morgan fingerprint density at radius 1 is 1.45 bits per heavy atom. The zero-order valence-electron chi connectivity index (χ0n) is 10.5. The minimum absolute atomic E-state index is 0.0462. The van der Waals surface area contributed by atoms with Gasteiger partial charge in [-0.15, -0.1) is 5.10 Å². The minimum Gasteiger partial charge on any atom is -0.398 e. The fourth-order valence-corrected chi connectivity index (χ4v) is 3.13. The Kier molecular flexibility index (Phi) is 3.88. The molecular weight excluding hydrogens is 302 g/mol. The first-order chi connectivity index (χ1) is 9.32. The highest BCUT2D eigenvalue weighted by Gasteiger charge is 2.14. The van der Waals surface area contributed by atoms with Crippen LogP contribution in [0.3, 0.4) is 0 Å². The molecule has 1 aromatic heterocycles. The van der Waals surface area contributed by atoms with Crippen molar-refractivity contribution in [1.82, 2.24) is 14.8 Å². The van der Waals surface area contributed by atoms with Crippen LogP contribution in [-0.4, -0.2) is 23.2 Å². The van der Waals surface area contributed by atoms with Gasteiger partial charge in [-0.1, -0.05) is 0 Å². The summed E-state index contributed by atoms with van der Waals surface area (Å²) < 4.78 is 24.1. The molecule has 2 rings (SSSR count).